The summed E-state index contributed by atoms with van der Waals surface area (Å²) in [5.41, 5.74) is 3.43. The number of nitrogens with one attached hydrogen (secondary N) is 1. The van der Waals surface area contributed by atoms with Crippen LogP contribution in [0, 0.1) is 6.92 Å². The van der Waals surface area contributed by atoms with Gasteiger partial charge in [-0.15, -0.1) is 11.3 Å². The average Bonchev–Trinajstić information content (AvgIpc) is 3.10. The van der Waals surface area contributed by atoms with Gasteiger partial charge in [0.2, 0.25) is 5.91 Å². The number of benzene rings is 2. The van der Waals surface area contributed by atoms with Gasteiger partial charge in [-0.05, 0) is 19.1 Å². The van der Waals surface area contributed by atoms with Crippen molar-refractivity contribution < 1.29 is 14.3 Å². The van der Waals surface area contributed by atoms with E-state index in [0.717, 1.165) is 10.6 Å². The monoisotopic (exact) mass is 402 g/mol. The first-order valence-corrected chi connectivity index (χ1v) is 9.48. The number of aryl methyl sites for hydroxylation is 1. The van der Waals surface area contributed by atoms with Gasteiger partial charge in [-0.1, -0.05) is 35.4 Å². The number of carbonyl (C=O) groups is 1. The fourth-order valence-electron chi connectivity index (χ4n) is 2.62. The van der Waals surface area contributed by atoms with E-state index in [0.29, 0.717) is 27.9 Å². The second-order valence-electron chi connectivity index (χ2n) is 5.93. The van der Waals surface area contributed by atoms with E-state index in [2.05, 4.69) is 16.4 Å². The van der Waals surface area contributed by atoms with Crippen LogP contribution < -0.4 is 14.8 Å². The fourth-order valence-corrected chi connectivity index (χ4v) is 3.67. The summed E-state index contributed by atoms with van der Waals surface area (Å²) in [6.07, 6.45) is 0.162. The minimum atomic E-state index is -0.198. The lowest BCUT2D eigenvalue weighted by molar-refractivity contribution is -0.115. The lowest BCUT2D eigenvalue weighted by Crippen LogP contribution is -2.15. The third-order valence-corrected chi connectivity index (χ3v) is 5.14. The van der Waals surface area contributed by atoms with Crippen LogP contribution in [0.25, 0.3) is 10.6 Å². The van der Waals surface area contributed by atoms with Crippen molar-refractivity contribution in [1.82, 2.24) is 4.98 Å². The van der Waals surface area contributed by atoms with Gasteiger partial charge in [-0.3, -0.25) is 4.79 Å². The molecule has 27 heavy (non-hydrogen) atoms. The van der Waals surface area contributed by atoms with E-state index >= 15 is 0 Å². The van der Waals surface area contributed by atoms with E-state index in [-0.39, 0.29) is 12.3 Å². The van der Waals surface area contributed by atoms with Crippen molar-refractivity contribution >= 4 is 34.5 Å². The highest BCUT2D eigenvalue weighted by Gasteiger charge is 2.14. The van der Waals surface area contributed by atoms with Crippen molar-refractivity contribution in [2.45, 2.75) is 13.3 Å². The van der Waals surface area contributed by atoms with Crippen molar-refractivity contribution in [1.29, 1.82) is 0 Å². The normalized spacial score (nSPS) is 10.5. The van der Waals surface area contributed by atoms with E-state index in [9.17, 15) is 4.79 Å². The molecule has 0 saturated heterocycles. The molecule has 0 unspecified atom stereocenters. The van der Waals surface area contributed by atoms with E-state index in [1.165, 1.54) is 31.1 Å². The molecule has 7 heteroatoms. The Bertz CT molecular complexity index is 972. The number of ether oxygens (including phenoxy) is 2. The number of anilines is 1. The first-order chi connectivity index (χ1) is 13.0. The van der Waals surface area contributed by atoms with Crippen LogP contribution in [0.15, 0.2) is 41.8 Å². The molecule has 0 aliphatic carbocycles. The van der Waals surface area contributed by atoms with Gasteiger partial charge in [0.15, 0.2) is 0 Å². The summed E-state index contributed by atoms with van der Waals surface area (Å²) in [5, 5.41) is 6.01. The predicted molar refractivity (Wildman–Crippen MR) is 109 cm³/mol. The van der Waals surface area contributed by atoms with Gasteiger partial charge in [-0.25, -0.2) is 4.98 Å². The number of hydrogen-bond donors (Lipinski definition) is 1. The van der Waals surface area contributed by atoms with E-state index in [1.54, 1.807) is 12.1 Å². The minimum absolute atomic E-state index is 0.162. The summed E-state index contributed by atoms with van der Waals surface area (Å²) in [6, 6.07) is 11.4. The van der Waals surface area contributed by atoms with Crippen LogP contribution in [-0.2, 0) is 11.2 Å². The molecule has 1 N–H and O–H groups in total. The Morgan fingerprint density at radius 3 is 2.67 bits per heavy atom. The lowest BCUT2D eigenvalue weighted by Gasteiger charge is -2.12. The zero-order valence-electron chi connectivity index (χ0n) is 15.2. The zero-order valence-corrected chi connectivity index (χ0v) is 16.8. The maximum absolute atomic E-state index is 12.4. The van der Waals surface area contributed by atoms with Crippen molar-refractivity contribution in [2.24, 2.45) is 0 Å². The molecular weight excluding hydrogens is 384 g/mol. The van der Waals surface area contributed by atoms with Crippen LogP contribution in [0.1, 0.15) is 11.3 Å². The van der Waals surface area contributed by atoms with Gasteiger partial charge in [0, 0.05) is 17.0 Å². The Balaban J connectivity index is 1.73. The van der Waals surface area contributed by atoms with Crippen molar-refractivity contribution in [3.05, 3.63) is 58.1 Å². The minimum Gasteiger partial charge on any atom is -0.495 e. The SMILES string of the molecule is COc1cc(OC)c(NC(=O)Cc2csc(-c3cccc(C)c3)n2)cc1Cl. The molecule has 1 amide bonds. The second kappa shape index (κ2) is 8.41. The van der Waals surface area contributed by atoms with E-state index < -0.39 is 0 Å². The largest absolute Gasteiger partial charge is 0.495 e. The first-order valence-electron chi connectivity index (χ1n) is 8.23. The summed E-state index contributed by atoms with van der Waals surface area (Å²) >= 11 is 7.66. The number of hydrogen-bond acceptors (Lipinski definition) is 5. The van der Waals surface area contributed by atoms with E-state index in [4.69, 9.17) is 21.1 Å². The third-order valence-electron chi connectivity index (χ3n) is 3.91. The van der Waals surface area contributed by atoms with Gasteiger partial charge in [-0.2, -0.15) is 0 Å². The van der Waals surface area contributed by atoms with Crippen LogP contribution in [0.3, 0.4) is 0 Å². The molecule has 0 aliphatic heterocycles. The van der Waals surface area contributed by atoms with Gasteiger partial charge < -0.3 is 14.8 Å². The zero-order chi connectivity index (χ0) is 19.4. The van der Waals surface area contributed by atoms with Crippen LogP contribution in [0.2, 0.25) is 5.02 Å². The van der Waals surface area contributed by atoms with Crippen LogP contribution in [0.5, 0.6) is 11.5 Å². The Labute approximate surface area is 166 Å². The smallest absolute Gasteiger partial charge is 0.230 e. The molecule has 3 aromatic rings. The molecular formula is C20H19ClN2O3S. The maximum Gasteiger partial charge on any atom is 0.230 e. The van der Waals surface area contributed by atoms with Gasteiger partial charge in [0.25, 0.3) is 0 Å². The van der Waals surface area contributed by atoms with Gasteiger partial charge in [0.05, 0.1) is 37.0 Å². The molecule has 0 radical (unpaired) electrons. The molecule has 1 aromatic heterocycles. The maximum atomic E-state index is 12.4. The number of thiazole rings is 1. The summed E-state index contributed by atoms with van der Waals surface area (Å²) in [5.74, 6) is 0.757. The molecule has 0 atom stereocenters. The summed E-state index contributed by atoms with van der Waals surface area (Å²) in [4.78, 5) is 17.0. The molecule has 0 spiro atoms. The van der Waals surface area contributed by atoms with Crippen molar-refractivity contribution in [3.63, 3.8) is 0 Å². The Kier molecular flexibility index (Phi) is 5.98. The second-order valence-corrected chi connectivity index (χ2v) is 7.19. The van der Waals surface area contributed by atoms with Gasteiger partial charge in [0.1, 0.15) is 16.5 Å². The molecule has 2 aromatic carbocycles. The van der Waals surface area contributed by atoms with Crippen molar-refractivity contribution in [3.8, 4) is 22.1 Å². The highest BCUT2D eigenvalue weighted by molar-refractivity contribution is 7.13. The molecule has 0 bridgehead atoms. The highest BCUT2D eigenvalue weighted by atomic mass is 35.5. The topological polar surface area (TPSA) is 60.5 Å². The van der Waals surface area contributed by atoms with Crippen LogP contribution in [-0.4, -0.2) is 25.1 Å². The van der Waals surface area contributed by atoms with Crippen LogP contribution >= 0.6 is 22.9 Å². The fraction of sp³-hybridized carbons (Fsp3) is 0.200. The van der Waals surface area contributed by atoms with E-state index in [1.807, 2.05) is 30.5 Å². The summed E-state index contributed by atoms with van der Waals surface area (Å²) < 4.78 is 10.5. The average molecular weight is 403 g/mol. The molecule has 0 fully saturated rings. The molecule has 0 aliphatic rings. The molecule has 140 valence electrons. The molecule has 0 saturated carbocycles. The highest BCUT2D eigenvalue weighted by Crippen LogP contribution is 2.36. The number of amides is 1. The molecule has 5 nitrogen and oxygen atoms in total. The standard InChI is InChI=1S/C20H19ClN2O3S/c1-12-5-4-6-13(7-12)20-22-14(11-27-20)8-19(24)23-16-9-15(21)17(25-2)10-18(16)26-3/h4-7,9-11H,8H2,1-3H3,(H,23,24). The van der Waals surface area contributed by atoms with Gasteiger partial charge >= 0.3 is 0 Å². The predicted octanol–water partition coefficient (Wildman–Crippen LogP) is 4.97. The number of nitrogens with zero attached hydrogens (tertiary/aromatic N) is 1. The summed E-state index contributed by atoms with van der Waals surface area (Å²) in [6.45, 7) is 2.04. The number of aromatic nitrogens is 1. The number of carbonyl (C=O) groups excluding carboxylic acids is 1. The Morgan fingerprint density at radius 1 is 1.19 bits per heavy atom. The molecule has 1 heterocycles. The van der Waals surface area contributed by atoms with Crippen molar-refractivity contribution in [2.75, 3.05) is 19.5 Å². The molecule has 3 rings (SSSR count). The van der Waals surface area contributed by atoms with Crippen LogP contribution in [0.4, 0.5) is 5.69 Å². The Hall–Kier alpha value is -2.57. The quantitative estimate of drug-likeness (QED) is 0.632. The lowest BCUT2D eigenvalue weighted by atomic mass is 10.1. The summed E-state index contributed by atoms with van der Waals surface area (Å²) in [7, 11) is 3.04. The third kappa shape index (κ3) is 4.59. The number of rotatable bonds is 6. The first kappa shape index (κ1) is 19.2. The number of halogens is 1. The number of methoxy groups -OCH3 is 2. The Morgan fingerprint density at radius 2 is 1.96 bits per heavy atom.